The van der Waals surface area contributed by atoms with Gasteiger partial charge in [0.2, 0.25) is 11.6 Å². The summed E-state index contributed by atoms with van der Waals surface area (Å²) >= 11 is 5.92. The Hall–Kier alpha value is -2.84. The van der Waals surface area contributed by atoms with Gasteiger partial charge in [0, 0.05) is 11.1 Å². The lowest BCUT2D eigenvalue weighted by molar-refractivity contribution is 0.0977. The van der Waals surface area contributed by atoms with Crippen molar-refractivity contribution in [1.82, 2.24) is 4.72 Å². The highest BCUT2D eigenvalue weighted by atomic mass is 35.5. The molecule has 1 N–H and O–H groups in total. The number of nitrogens with zero attached hydrogens (tertiary/aromatic N) is 1. The smallest absolute Gasteiger partial charge is 0.264 e. The number of benzene rings is 2. The Morgan fingerprint density at radius 2 is 1.44 bits per heavy atom. The normalized spacial score (nSPS) is 14.3. The van der Waals surface area contributed by atoms with E-state index in [-0.39, 0.29) is 16.8 Å². The van der Waals surface area contributed by atoms with Gasteiger partial charge >= 0.3 is 0 Å². The van der Waals surface area contributed by atoms with Crippen molar-refractivity contribution in [3.05, 3.63) is 75.3 Å². The van der Waals surface area contributed by atoms with Gasteiger partial charge in [0.05, 0.1) is 0 Å². The van der Waals surface area contributed by atoms with E-state index in [0.717, 1.165) is 6.07 Å². The average molecular weight is 377 g/mol. The second-order valence-corrected chi connectivity index (χ2v) is 7.09. The van der Waals surface area contributed by atoms with E-state index in [0.29, 0.717) is 0 Å². The largest absolute Gasteiger partial charge is 0.287 e. The van der Waals surface area contributed by atoms with E-state index in [9.17, 15) is 22.9 Å². The van der Waals surface area contributed by atoms with Gasteiger partial charge in [0.25, 0.3) is 10.0 Å². The molecule has 0 saturated heterocycles. The molecule has 1 aliphatic carbocycles. The molecule has 1 aliphatic rings. The molecule has 0 fully saturated rings. The van der Waals surface area contributed by atoms with Crippen LogP contribution in [0.5, 0.6) is 0 Å². The van der Waals surface area contributed by atoms with Crippen LogP contribution in [0, 0.1) is 4.91 Å². The number of hydrogen-bond acceptors (Lipinski definition) is 6. The zero-order chi connectivity index (χ0) is 18.2. The molecule has 7 nitrogen and oxygen atoms in total. The number of nitroso groups, excluding NO2 is 1. The van der Waals surface area contributed by atoms with Crippen molar-refractivity contribution in [2.24, 2.45) is 5.18 Å². The van der Waals surface area contributed by atoms with Crippen molar-refractivity contribution in [3.8, 4) is 0 Å². The molecule has 9 heteroatoms. The minimum absolute atomic E-state index is 0.0383. The van der Waals surface area contributed by atoms with E-state index in [1.807, 2.05) is 4.72 Å². The van der Waals surface area contributed by atoms with Crippen molar-refractivity contribution in [3.63, 3.8) is 0 Å². The maximum absolute atomic E-state index is 12.5. The Labute approximate surface area is 147 Å². The molecule has 0 saturated carbocycles. The molecule has 3 rings (SSSR count). The number of nitrogens with one attached hydrogen (secondary N) is 1. The van der Waals surface area contributed by atoms with Gasteiger partial charge in [-0.2, -0.15) is 0 Å². The van der Waals surface area contributed by atoms with Crippen molar-refractivity contribution in [2.45, 2.75) is 4.90 Å². The van der Waals surface area contributed by atoms with Gasteiger partial charge in [-0.3, -0.25) is 14.3 Å². The van der Waals surface area contributed by atoms with Crippen LogP contribution < -0.4 is 4.72 Å². The maximum atomic E-state index is 12.5. The monoisotopic (exact) mass is 376 g/mol. The molecule has 2 aromatic rings. The predicted octanol–water partition coefficient (Wildman–Crippen LogP) is 2.89. The molecule has 0 unspecified atom stereocenters. The lowest BCUT2D eigenvalue weighted by atomic mass is 9.93. The fraction of sp³-hybridized carbons (Fsp3) is 0. The fourth-order valence-corrected chi connectivity index (χ4v) is 3.89. The molecular weight excluding hydrogens is 368 g/mol. The zero-order valence-electron chi connectivity index (χ0n) is 12.4. The molecule has 0 spiro atoms. The fourth-order valence-electron chi connectivity index (χ4n) is 2.39. The third-order valence-electron chi connectivity index (χ3n) is 3.55. The molecule has 0 aliphatic heterocycles. The Bertz CT molecular complexity index is 1060. The summed E-state index contributed by atoms with van der Waals surface area (Å²) < 4.78 is 27.1. The number of hydrogen-bond donors (Lipinski definition) is 1. The van der Waals surface area contributed by atoms with Crippen LogP contribution in [-0.2, 0) is 10.0 Å². The molecule has 0 aromatic heterocycles. The van der Waals surface area contributed by atoms with E-state index in [2.05, 4.69) is 5.18 Å². The van der Waals surface area contributed by atoms with Crippen molar-refractivity contribution < 1.29 is 18.0 Å². The number of ketones is 2. The minimum Gasteiger partial charge on any atom is -0.287 e. The van der Waals surface area contributed by atoms with Crippen LogP contribution in [0.3, 0.4) is 0 Å². The minimum atomic E-state index is -4.35. The van der Waals surface area contributed by atoms with Crippen molar-refractivity contribution in [1.29, 1.82) is 0 Å². The lowest BCUT2D eigenvalue weighted by Gasteiger charge is -2.19. The quantitative estimate of drug-likeness (QED) is 0.825. The van der Waals surface area contributed by atoms with Gasteiger partial charge in [-0.1, -0.05) is 48.0 Å². The van der Waals surface area contributed by atoms with Gasteiger partial charge in [-0.15, -0.1) is 4.91 Å². The molecule has 2 aromatic carbocycles. The van der Waals surface area contributed by atoms with E-state index in [4.69, 9.17) is 11.6 Å². The highest BCUT2D eigenvalue weighted by Crippen LogP contribution is 2.29. The highest BCUT2D eigenvalue weighted by molar-refractivity contribution is 7.89. The molecule has 0 amide bonds. The summed E-state index contributed by atoms with van der Waals surface area (Å²) in [5.74, 6) is -1.41. The molecule has 0 bridgehead atoms. The summed E-state index contributed by atoms with van der Waals surface area (Å²) in [5.41, 5.74) is -0.764. The highest BCUT2D eigenvalue weighted by Gasteiger charge is 2.34. The number of allylic oxidation sites excluding steroid dienone is 2. The molecule has 126 valence electrons. The van der Waals surface area contributed by atoms with Crippen LogP contribution in [0.2, 0.25) is 0 Å². The van der Waals surface area contributed by atoms with Crippen LogP contribution in [0.15, 0.2) is 69.3 Å². The van der Waals surface area contributed by atoms with Gasteiger partial charge < -0.3 is 0 Å². The first-order valence-electron chi connectivity index (χ1n) is 6.90. The Morgan fingerprint density at radius 3 is 2.08 bits per heavy atom. The van der Waals surface area contributed by atoms with Gasteiger partial charge in [0.1, 0.15) is 21.3 Å². The van der Waals surface area contributed by atoms with Crippen LogP contribution in [0.4, 0.5) is 5.69 Å². The van der Waals surface area contributed by atoms with E-state index in [1.165, 1.54) is 30.3 Å². The van der Waals surface area contributed by atoms with E-state index >= 15 is 0 Å². The summed E-state index contributed by atoms with van der Waals surface area (Å²) in [6, 6.07) is 11.1. The number of fused-ring (bicyclic) bond motifs is 1. The zero-order valence-corrected chi connectivity index (χ0v) is 14.0. The summed E-state index contributed by atoms with van der Waals surface area (Å²) in [5, 5.41) is 2.11. The molecule has 0 heterocycles. The first kappa shape index (κ1) is 17.0. The lowest BCUT2D eigenvalue weighted by Crippen LogP contribution is -2.33. The Morgan fingerprint density at radius 1 is 0.880 bits per heavy atom. The second kappa shape index (κ2) is 6.23. The number of halogens is 1. The van der Waals surface area contributed by atoms with E-state index < -0.39 is 37.2 Å². The second-order valence-electron chi connectivity index (χ2n) is 5.06. The van der Waals surface area contributed by atoms with Crippen LogP contribution in [0.25, 0.3) is 0 Å². The first-order valence-corrected chi connectivity index (χ1v) is 8.76. The predicted molar refractivity (Wildman–Crippen MR) is 90.2 cm³/mol. The van der Waals surface area contributed by atoms with Crippen LogP contribution in [-0.4, -0.2) is 20.0 Å². The number of carbonyl (C=O) groups excluding carboxylic acids is 2. The number of Topliss-reactive ketones (excluding diaryl/α,β-unsaturated/α-hetero) is 2. The Kier molecular flexibility index (Phi) is 4.23. The standard InChI is InChI=1S/C16H9ClN2O5S/c17-13-14(16(21)10-6-2-1-5-9(10)15(13)20)19-25(23,24)12-8-4-3-7-11(12)18-22/h1-8,19H. The topological polar surface area (TPSA) is 110 Å². The maximum Gasteiger partial charge on any atom is 0.264 e. The summed E-state index contributed by atoms with van der Waals surface area (Å²) in [6.07, 6.45) is 0. The molecule has 0 radical (unpaired) electrons. The SMILES string of the molecule is O=Nc1ccccc1S(=O)(=O)NC1=C(Cl)C(=O)c2ccccc2C1=O. The van der Waals surface area contributed by atoms with Crippen LogP contribution >= 0.6 is 11.6 Å². The summed E-state index contributed by atoms with van der Waals surface area (Å²) in [6.45, 7) is 0. The Balaban J connectivity index is 2.08. The summed E-state index contributed by atoms with van der Waals surface area (Å²) in [7, 11) is -4.35. The number of rotatable bonds is 4. The molecule has 0 atom stereocenters. The molecular formula is C16H9ClN2O5S. The van der Waals surface area contributed by atoms with Crippen LogP contribution in [0.1, 0.15) is 20.7 Å². The number of carbonyl (C=O) groups is 2. The van der Waals surface area contributed by atoms with E-state index in [1.54, 1.807) is 12.1 Å². The van der Waals surface area contributed by atoms with Crippen molar-refractivity contribution in [2.75, 3.05) is 0 Å². The number of sulfonamides is 1. The molecule has 25 heavy (non-hydrogen) atoms. The first-order chi connectivity index (χ1) is 11.9. The van der Waals surface area contributed by atoms with Gasteiger partial charge in [-0.05, 0) is 17.3 Å². The third kappa shape index (κ3) is 2.86. The average Bonchev–Trinajstić information content (AvgIpc) is 2.63. The van der Waals surface area contributed by atoms with Gasteiger partial charge in [0.15, 0.2) is 0 Å². The summed E-state index contributed by atoms with van der Waals surface area (Å²) in [4.78, 5) is 35.2. The van der Waals surface area contributed by atoms with Crippen molar-refractivity contribution >= 4 is 38.9 Å². The van der Waals surface area contributed by atoms with Gasteiger partial charge in [-0.25, -0.2) is 8.42 Å². The third-order valence-corrected chi connectivity index (χ3v) is 5.31.